The molecular formula is C14H16N2O3. The van der Waals surface area contributed by atoms with Gasteiger partial charge in [-0.1, -0.05) is 12.1 Å². The van der Waals surface area contributed by atoms with Crippen LogP contribution in [0.4, 0.5) is 0 Å². The first-order valence-electron chi connectivity index (χ1n) is 6.59. The van der Waals surface area contributed by atoms with E-state index in [-0.39, 0.29) is 17.6 Å². The van der Waals surface area contributed by atoms with Crippen LogP contribution < -0.4 is 5.69 Å². The molecule has 1 fully saturated rings. The lowest BCUT2D eigenvalue weighted by Gasteiger charge is -2.26. The summed E-state index contributed by atoms with van der Waals surface area (Å²) in [4.78, 5) is 25.8. The van der Waals surface area contributed by atoms with E-state index in [0.29, 0.717) is 12.8 Å². The van der Waals surface area contributed by atoms with Crippen molar-refractivity contribution in [3.05, 3.63) is 34.7 Å². The molecule has 0 amide bonds. The highest BCUT2D eigenvalue weighted by Crippen LogP contribution is 2.33. The SMILES string of the molecule is O=C(O)C1CCC(n2c(=O)[nH]c3ccccc32)CC1. The summed E-state index contributed by atoms with van der Waals surface area (Å²) in [6.07, 6.45) is 2.79. The quantitative estimate of drug-likeness (QED) is 0.868. The number of rotatable bonds is 2. The lowest BCUT2D eigenvalue weighted by molar-refractivity contribution is -0.143. The van der Waals surface area contributed by atoms with Gasteiger partial charge >= 0.3 is 11.7 Å². The molecule has 0 bridgehead atoms. The summed E-state index contributed by atoms with van der Waals surface area (Å²) in [7, 11) is 0. The Labute approximate surface area is 109 Å². The lowest BCUT2D eigenvalue weighted by atomic mass is 9.86. The molecule has 1 heterocycles. The fourth-order valence-corrected chi connectivity index (χ4v) is 3.02. The van der Waals surface area contributed by atoms with E-state index in [2.05, 4.69) is 4.98 Å². The van der Waals surface area contributed by atoms with Crippen molar-refractivity contribution in [2.24, 2.45) is 5.92 Å². The maximum absolute atomic E-state index is 12.0. The van der Waals surface area contributed by atoms with E-state index in [4.69, 9.17) is 5.11 Å². The van der Waals surface area contributed by atoms with Crippen LogP contribution in [0.5, 0.6) is 0 Å². The summed E-state index contributed by atoms with van der Waals surface area (Å²) in [5.41, 5.74) is 1.65. The van der Waals surface area contributed by atoms with Crippen LogP contribution in [0.2, 0.25) is 0 Å². The van der Waals surface area contributed by atoms with Crippen LogP contribution >= 0.6 is 0 Å². The third kappa shape index (κ3) is 2.05. The van der Waals surface area contributed by atoms with Crippen molar-refractivity contribution in [2.45, 2.75) is 31.7 Å². The fraction of sp³-hybridized carbons (Fsp3) is 0.429. The van der Waals surface area contributed by atoms with Crippen molar-refractivity contribution >= 4 is 17.0 Å². The second kappa shape index (κ2) is 4.57. The second-order valence-corrected chi connectivity index (χ2v) is 5.16. The van der Waals surface area contributed by atoms with Gasteiger partial charge in [0.1, 0.15) is 0 Å². The van der Waals surface area contributed by atoms with Gasteiger partial charge < -0.3 is 10.1 Å². The van der Waals surface area contributed by atoms with Crippen molar-refractivity contribution in [1.82, 2.24) is 9.55 Å². The summed E-state index contributed by atoms with van der Waals surface area (Å²) in [6, 6.07) is 7.73. The van der Waals surface area contributed by atoms with E-state index in [0.717, 1.165) is 23.9 Å². The van der Waals surface area contributed by atoms with Crippen molar-refractivity contribution in [1.29, 1.82) is 0 Å². The Hall–Kier alpha value is -2.04. The van der Waals surface area contributed by atoms with E-state index in [1.165, 1.54) is 0 Å². The molecule has 2 aromatic rings. The highest BCUT2D eigenvalue weighted by molar-refractivity contribution is 5.75. The van der Waals surface area contributed by atoms with Gasteiger partial charge in [-0.15, -0.1) is 0 Å². The molecule has 1 aliphatic rings. The number of carbonyl (C=O) groups is 1. The molecule has 1 aromatic heterocycles. The van der Waals surface area contributed by atoms with Crippen molar-refractivity contribution < 1.29 is 9.90 Å². The minimum Gasteiger partial charge on any atom is -0.481 e. The van der Waals surface area contributed by atoms with Crippen LogP contribution in [0.1, 0.15) is 31.7 Å². The number of hydrogen-bond donors (Lipinski definition) is 2. The molecule has 1 aliphatic carbocycles. The molecule has 1 saturated carbocycles. The number of hydrogen-bond acceptors (Lipinski definition) is 2. The summed E-state index contributed by atoms with van der Waals surface area (Å²) in [5, 5.41) is 9.01. The summed E-state index contributed by atoms with van der Waals surface area (Å²) in [5.74, 6) is -0.970. The third-order valence-corrected chi connectivity index (χ3v) is 4.04. The van der Waals surface area contributed by atoms with Gasteiger partial charge in [-0.3, -0.25) is 9.36 Å². The average molecular weight is 260 g/mol. The van der Waals surface area contributed by atoms with Crippen LogP contribution in [0.25, 0.3) is 11.0 Å². The molecule has 5 nitrogen and oxygen atoms in total. The van der Waals surface area contributed by atoms with Crippen LogP contribution in [-0.2, 0) is 4.79 Å². The standard InChI is InChI=1S/C14H16N2O3/c17-13(18)9-5-7-10(8-6-9)16-12-4-2-1-3-11(12)15-14(16)19/h1-4,9-10H,5-8H2,(H,15,19)(H,17,18). The fourth-order valence-electron chi connectivity index (χ4n) is 3.02. The molecule has 0 atom stereocenters. The molecule has 0 aliphatic heterocycles. The zero-order valence-corrected chi connectivity index (χ0v) is 10.5. The number of nitrogens with one attached hydrogen (secondary N) is 1. The number of carboxylic acids is 1. The van der Waals surface area contributed by atoms with Crippen LogP contribution in [-0.4, -0.2) is 20.6 Å². The predicted octanol–water partition coefficient (Wildman–Crippen LogP) is 2.15. The minimum atomic E-state index is -0.718. The molecule has 3 rings (SSSR count). The number of aromatic nitrogens is 2. The monoisotopic (exact) mass is 260 g/mol. The number of imidazole rings is 1. The van der Waals surface area contributed by atoms with Gasteiger partial charge in [0.05, 0.1) is 17.0 Å². The molecular weight excluding hydrogens is 244 g/mol. The number of nitrogens with zero attached hydrogens (tertiary/aromatic N) is 1. The van der Waals surface area contributed by atoms with E-state index < -0.39 is 5.97 Å². The zero-order chi connectivity index (χ0) is 13.4. The Balaban J connectivity index is 1.92. The van der Waals surface area contributed by atoms with Gasteiger partial charge in [0.15, 0.2) is 0 Å². The number of aliphatic carboxylic acids is 1. The minimum absolute atomic E-state index is 0.0972. The molecule has 0 radical (unpaired) electrons. The number of benzene rings is 1. The molecule has 0 unspecified atom stereocenters. The van der Waals surface area contributed by atoms with Gasteiger partial charge in [-0.2, -0.15) is 0 Å². The van der Waals surface area contributed by atoms with Crippen LogP contribution in [0.3, 0.4) is 0 Å². The number of H-pyrrole nitrogens is 1. The molecule has 19 heavy (non-hydrogen) atoms. The number of carboxylic acid groups (broad SMARTS) is 1. The highest BCUT2D eigenvalue weighted by atomic mass is 16.4. The van der Waals surface area contributed by atoms with Crippen molar-refractivity contribution in [3.8, 4) is 0 Å². The van der Waals surface area contributed by atoms with Crippen LogP contribution in [0, 0.1) is 5.92 Å². The average Bonchev–Trinajstić information content (AvgIpc) is 2.74. The van der Waals surface area contributed by atoms with Gasteiger partial charge in [-0.25, -0.2) is 4.79 Å². The van der Waals surface area contributed by atoms with Gasteiger partial charge in [0.25, 0.3) is 0 Å². The van der Waals surface area contributed by atoms with E-state index in [1.54, 1.807) is 4.57 Å². The van der Waals surface area contributed by atoms with Crippen molar-refractivity contribution in [2.75, 3.05) is 0 Å². The molecule has 100 valence electrons. The topological polar surface area (TPSA) is 75.1 Å². The normalized spacial score (nSPS) is 23.6. The number of para-hydroxylation sites is 2. The first kappa shape index (κ1) is 12.0. The van der Waals surface area contributed by atoms with E-state index in [9.17, 15) is 9.59 Å². The predicted molar refractivity (Wildman–Crippen MR) is 71.2 cm³/mol. The largest absolute Gasteiger partial charge is 0.481 e. The Morgan fingerprint density at radius 2 is 1.89 bits per heavy atom. The number of fused-ring (bicyclic) bond motifs is 1. The van der Waals surface area contributed by atoms with E-state index >= 15 is 0 Å². The Morgan fingerprint density at radius 1 is 1.21 bits per heavy atom. The molecule has 1 aromatic carbocycles. The Morgan fingerprint density at radius 3 is 2.58 bits per heavy atom. The van der Waals surface area contributed by atoms with E-state index in [1.807, 2.05) is 24.3 Å². The smallest absolute Gasteiger partial charge is 0.326 e. The highest BCUT2D eigenvalue weighted by Gasteiger charge is 2.28. The maximum atomic E-state index is 12.0. The summed E-state index contributed by atoms with van der Waals surface area (Å²) < 4.78 is 1.79. The summed E-state index contributed by atoms with van der Waals surface area (Å²) >= 11 is 0. The Kier molecular flexibility index (Phi) is 2.89. The Bertz CT molecular complexity index is 663. The number of aromatic amines is 1. The first-order chi connectivity index (χ1) is 9.16. The van der Waals surface area contributed by atoms with Gasteiger partial charge in [0.2, 0.25) is 0 Å². The van der Waals surface area contributed by atoms with Crippen molar-refractivity contribution in [3.63, 3.8) is 0 Å². The van der Waals surface area contributed by atoms with Crippen LogP contribution in [0.15, 0.2) is 29.1 Å². The maximum Gasteiger partial charge on any atom is 0.326 e. The zero-order valence-electron chi connectivity index (χ0n) is 10.5. The molecule has 5 heteroatoms. The van der Waals surface area contributed by atoms with Gasteiger partial charge in [0, 0.05) is 6.04 Å². The molecule has 0 saturated heterocycles. The second-order valence-electron chi connectivity index (χ2n) is 5.16. The molecule has 0 spiro atoms. The molecule has 2 N–H and O–H groups in total. The first-order valence-corrected chi connectivity index (χ1v) is 6.59. The lowest BCUT2D eigenvalue weighted by Crippen LogP contribution is -2.28. The summed E-state index contributed by atoms with van der Waals surface area (Å²) in [6.45, 7) is 0. The third-order valence-electron chi connectivity index (χ3n) is 4.04. The van der Waals surface area contributed by atoms with Gasteiger partial charge in [-0.05, 0) is 37.8 Å².